The van der Waals surface area contributed by atoms with Crippen molar-refractivity contribution in [3.8, 4) is 17.2 Å². The number of ether oxygens (including phenoxy) is 4. The van der Waals surface area contributed by atoms with Gasteiger partial charge in [-0.1, -0.05) is 53.8 Å². The number of hydrogen-bond donors (Lipinski definition) is 0. The average molecular weight is 557 g/mol. The van der Waals surface area contributed by atoms with Crippen LogP contribution in [-0.2, 0) is 16.1 Å². The van der Waals surface area contributed by atoms with Crippen LogP contribution in [-0.4, -0.2) is 30.5 Å². The zero-order valence-corrected chi connectivity index (χ0v) is 23.4. The first-order valence-corrected chi connectivity index (χ1v) is 13.7. The highest BCUT2D eigenvalue weighted by Gasteiger charge is 2.55. The van der Waals surface area contributed by atoms with Gasteiger partial charge in [-0.05, 0) is 55.3 Å². The Balaban J connectivity index is 1.44. The molecule has 40 heavy (non-hydrogen) atoms. The van der Waals surface area contributed by atoms with Crippen molar-refractivity contribution in [2.45, 2.75) is 32.2 Å². The number of thiazole rings is 1. The van der Waals surface area contributed by atoms with Gasteiger partial charge in [0.2, 0.25) is 5.72 Å². The van der Waals surface area contributed by atoms with Gasteiger partial charge in [0, 0.05) is 11.1 Å². The highest BCUT2D eigenvalue weighted by atomic mass is 32.1. The number of carbonyl (C=O) groups is 1. The molecular weight excluding hydrogens is 528 g/mol. The van der Waals surface area contributed by atoms with Gasteiger partial charge in [0.1, 0.15) is 29.8 Å². The summed E-state index contributed by atoms with van der Waals surface area (Å²) in [6, 6.07) is 20.4. The third-order valence-corrected chi connectivity index (χ3v) is 8.40. The van der Waals surface area contributed by atoms with E-state index in [0.29, 0.717) is 27.4 Å². The first-order chi connectivity index (χ1) is 19.3. The Morgan fingerprint density at radius 2 is 1.88 bits per heavy atom. The van der Waals surface area contributed by atoms with E-state index in [4.69, 9.17) is 23.9 Å². The van der Waals surface area contributed by atoms with Crippen LogP contribution in [0.3, 0.4) is 0 Å². The Kier molecular flexibility index (Phi) is 6.46. The van der Waals surface area contributed by atoms with Gasteiger partial charge in [-0.15, -0.1) is 0 Å². The second-order valence-corrected chi connectivity index (χ2v) is 11.0. The molecule has 3 aromatic carbocycles. The fourth-order valence-corrected chi connectivity index (χ4v) is 6.56. The van der Waals surface area contributed by atoms with Crippen LogP contribution in [0.25, 0.3) is 6.08 Å². The molecule has 0 N–H and O–H groups in total. The minimum absolute atomic E-state index is 0.227. The van der Waals surface area contributed by atoms with Crippen LogP contribution >= 0.6 is 11.3 Å². The number of fused-ring (bicyclic) bond motifs is 6. The van der Waals surface area contributed by atoms with Gasteiger partial charge >= 0.3 is 5.97 Å². The molecule has 4 aromatic rings. The van der Waals surface area contributed by atoms with Crippen LogP contribution in [0.15, 0.2) is 76.5 Å². The number of aromatic nitrogens is 1. The van der Waals surface area contributed by atoms with E-state index < -0.39 is 23.7 Å². The summed E-state index contributed by atoms with van der Waals surface area (Å²) >= 11 is 1.27. The number of rotatable bonds is 6. The Morgan fingerprint density at radius 3 is 2.65 bits per heavy atom. The van der Waals surface area contributed by atoms with Crippen molar-refractivity contribution < 1.29 is 23.7 Å². The third-order valence-electron chi connectivity index (χ3n) is 7.41. The fourth-order valence-electron chi connectivity index (χ4n) is 5.46. The van der Waals surface area contributed by atoms with Crippen molar-refractivity contribution in [1.82, 2.24) is 4.57 Å². The number of para-hydroxylation sites is 2. The molecule has 0 fully saturated rings. The maximum atomic E-state index is 13.9. The largest absolute Gasteiger partial charge is 0.496 e. The van der Waals surface area contributed by atoms with Crippen molar-refractivity contribution >= 4 is 23.4 Å². The van der Waals surface area contributed by atoms with Crippen molar-refractivity contribution in [1.29, 1.82) is 0 Å². The first kappa shape index (κ1) is 25.9. The van der Waals surface area contributed by atoms with E-state index in [1.54, 1.807) is 18.6 Å². The lowest BCUT2D eigenvalue weighted by Crippen LogP contribution is -2.58. The number of methoxy groups -OCH3 is 2. The molecule has 8 nitrogen and oxygen atoms in total. The summed E-state index contributed by atoms with van der Waals surface area (Å²) in [6.07, 6.45) is 1.83. The predicted molar refractivity (Wildman–Crippen MR) is 151 cm³/mol. The zero-order chi connectivity index (χ0) is 28.0. The van der Waals surface area contributed by atoms with Crippen LogP contribution in [0.5, 0.6) is 17.2 Å². The lowest BCUT2D eigenvalue weighted by Gasteiger charge is -2.44. The molecule has 0 aliphatic carbocycles. The summed E-state index contributed by atoms with van der Waals surface area (Å²) in [4.78, 5) is 32.2. The van der Waals surface area contributed by atoms with Gasteiger partial charge in [-0.3, -0.25) is 14.2 Å². The molecule has 0 saturated carbocycles. The lowest BCUT2D eigenvalue weighted by atomic mass is 9.81. The van der Waals surface area contributed by atoms with Crippen molar-refractivity contribution in [2.24, 2.45) is 10.9 Å². The van der Waals surface area contributed by atoms with E-state index in [0.717, 1.165) is 28.0 Å². The third kappa shape index (κ3) is 4.26. The second kappa shape index (κ2) is 9.98. The van der Waals surface area contributed by atoms with Crippen LogP contribution in [0, 0.1) is 12.8 Å². The van der Waals surface area contributed by atoms with Gasteiger partial charge in [0.25, 0.3) is 5.56 Å². The number of nitrogens with zero attached hydrogens (tertiary/aromatic N) is 2. The van der Waals surface area contributed by atoms with Crippen LogP contribution in [0.2, 0.25) is 0 Å². The summed E-state index contributed by atoms with van der Waals surface area (Å²) in [6.45, 7) is 4.07. The maximum Gasteiger partial charge on any atom is 0.317 e. The molecule has 3 atom stereocenters. The molecule has 9 heteroatoms. The summed E-state index contributed by atoms with van der Waals surface area (Å²) in [5.74, 6) is 0.799. The Hall–Kier alpha value is -4.37. The Labute approximate surface area is 234 Å². The molecule has 2 aliphatic heterocycles. The van der Waals surface area contributed by atoms with E-state index in [9.17, 15) is 9.59 Å². The van der Waals surface area contributed by atoms with Crippen LogP contribution in [0.1, 0.15) is 35.2 Å². The minimum atomic E-state index is -1.21. The number of esters is 1. The number of hydrogen-bond acceptors (Lipinski definition) is 8. The normalized spacial score (nSPS) is 20.9. The van der Waals surface area contributed by atoms with Gasteiger partial charge in [0.05, 0.1) is 24.8 Å². The van der Waals surface area contributed by atoms with Gasteiger partial charge < -0.3 is 18.9 Å². The monoisotopic (exact) mass is 556 g/mol. The molecule has 0 radical (unpaired) electrons. The van der Waals surface area contributed by atoms with Gasteiger partial charge in [-0.25, -0.2) is 4.99 Å². The minimum Gasteiger partial charge on any atom is -0.496 e. The molecule has 3 unspecified atom stereocenters. The molecule has 1 aromatic heterocycles. The zero-order valence-electron chi connectivity index (χ0n) is 22.5. The second-order valence-electron chi connectivity index (χ2n) is 9.95. The number of benzene rings is 3. The van der Waals surface area contributed by atoms with E-state index in [1.165, 1.54) is 18.4 Å². The van der Waals surface area contributed by atoms with Gasteiger partial charge in [0.15, 0.2) is 4.80 Å². The van der Waals surface area contributed by atoms with E-state index >= 15 is 0 Å². The maximum absolute atomic E-state index is 13.9. The summed E-state index contributed by atoms with van der Waals surface area (Å²) < 4.78 is 25.1. The molecule has 204 valence electrons. The smallest absolute Gasteiger partial charge is 0.317 e. The van der Waals surface area contributed by atoms with Crippen molar-refractivity contribution in [3.63, 3.8) is 0 Å². The average Bonchev–Trinajstić information content (AvgIpc) is 3.24. The Bertz CT molecular complexity index is 1810. The lowest BCUT2D eigenvalue weighted by molar-refractivity contribution is -0.158. The number of carbonyl (C=O) groups excluding carboxylic acids is 1. The van der Waals surface area contributed by atoms with Crippen molar-refractivity contribution in [3.05, 3.63) is 109 Å². The van der Waals surface area contributed by atoms with Crippen LogP contribution in [0.4, 0.5) is 0 Å². The molecule has 0 saturated heterocycles. The molecule has 6 rings (SSSR count). The van der Waals surface area contributed by atoms with Crippen molar-refractivity contribution in [2.75, 3.05) is 14.2 Å². The van der Waals surface area contributed by atoms with Gasteiger partial charge in [-0.2, -0.15) is 0 Å². The van der Waals surface area contributed by atoms with E-state index in [1.807, 2.05) is 79.7 Å². The molecular formula is C31H28N2O6S. The standard InChI is InChI=1S/C31H28N2O6S/c1-18-9-5-7-11-22(18)38-17-20-15-19(13-14-23(20)36-3)16-25-28(34)33-27-21-10-6-8-12-24(21)39-31(2,32-30(33)40-25)26(27)29(35)37-4/h5-16,26-27H,17H2,1-4H3. The number of aryl methyl sites for hydroxylation is 1. The molecule has 2 bridgehead atoms. The molecule has 0 amide bonds. The van der Waals surface area contributed by atoms with E-state index in [2.05, 4.69) is 0 Å². The van der Waals surface area contributed by atoms with Crippen LogP contribution < -0.4 is 29.1 Å². The Morgan fingerprint density at radius 1 is 1.10 bits per heavy atom. The summed E-state index contributed by atoms with van der Waals surface area (Å²) in [7, 11) is 2.95. The SMILES string of the molecule is COC(=O)C1C2c3ccccc3OC1(C)N=c1sc(=Cc3ccc(OC)c(COc4ccccc4C)c3)c(=O)n12. The molecule has 0 spiro atoms. The molecule has 2 aliphatic rings. The highest BCUT2D eigenvalue weighted by Crippen LogP contribution is 2.47. The predicted octanol–water partition coefficient (Wildman–Crippen LogP) is 3.76. The summed E-state index contributed by atoms with van der Waals surface area (Å²) in [5.41, 5.74) is 2.02. The van der Waals surface area contributed by atoms with E-state index in [-0.39, 0.29) is 5.56 Å². The summed E-state index contributed by atoms with van der Waals surface area (Å²) in [5, 5.41) is 0. The highest BCUT2D eigenvalue weighted by molar-refractivity contribution is 7.07. The quantitative estimate of drug-likeness (QED) is 0.336. The molecule has 3 heterocycles. The fraction of sp³-hybridized carbons (Fsp3) is 0.258. The topological polar surface area (TPSA) is 88.4 Å². The first-order valence-electron chi connectivity index (χ1n) is 12.9.